The molecule has 1 aliphatic heterocycles. The summed E-state index contributed by atoms with van der Waals surface area (Å²) in [5.41, 5.74) is 2.54. The van der Waals surface area contributed by atoms with Crippen LogP contribution in [-0.4, -0.2) is 67.5 Å². The van der Waals surface area contributed by atoms with E-state index in [1.54, 1.807) is 42.3 Å². The predicted molar refractivity (Wildman–Crippen MR) is 118 cm³/mol. The van der Waals surface area contributed by atoms with Gasteiger partial charge in [-0.3, -0.25) is 4.68 Å². The van der Waals surface area contributed by atoms with Crippen molar-refractivity contribution in [2.75, 3.05) is 31.1 Å². The molecule has 0 amide bonds. The molecule has 1 atom stereocenters. The van der Waals surface area contributed by atoms with Gasteiger partial charge in [0.25, 0.3) is 0 Å². The van der Waals surface area contributed by atoms with Crippen LogP contribution >= 0.6 is 0 Å². The molecule has 0 bridgehead atoms. The average molecular weight is 435 g/mol. The Bertz CT molecular complexity index is 1280. The molecule has 1 fully saturated rings. The number of phenolic OH excluding ortho intramolecular Hbond substituents is 1. The molecule has 5 rings (SSSR count). The van der Waals surface area contributed by atoms with E-state index in [4.69, 9.17) is 0 Å². The van der Waals surface area contributed by atoms with Crippen LogP contribution in [-0.2, 0) is 7.05 Å². The SMILES string of the molecule is Cn1cc2cc(-c3ccc(-c4cnc(N5CCNC(CO)C5)nn4)c(O)c3)cc(F)c2n1. The lowest BCUT2D eigenvalue weighted by molar-refractivity contribution is 0.235. The highest BCUT2D eigenvalue weighted by atomic mass is 19.1. The molecular formula is C22H22FN7O2. The number of rotatable bonds is 4. The second kappa shape index (κ2) is 8.13. The minimum Gasteiger partial charge on any atom is -0.507 e. The van der Waals surface area contributed by atoms with E-state index < -0.39 is 5.82 Å². The molecule has 9 nitrogen and oxygen atoms in total. The van der Waals surface area contributed by atoms with E-state index in [9.17, 15) is 14.6 Å². The summed E-state index contributed by atoms with van der Waals surface area (Å²) in [6, 6.07) is 8.30. The topological polar surface area (TPSA) is 112 Å². The van der Waals surface area contributed by atoms with Gasteiger partial charge < -0.3 is 20.4 Å². The summed E-state index contributed by atoms with van der Waals surface area (Å²) in [6.45, 7) is 2.08. The highest BCUT2D eigenvalue weighted by Gasteiger charge is 2.21. The van der Waals surface area contributed by atoms with E-state index in [0.717, 1.165) is 13.1 Å². The quantitative estimate of drug-likeness (QED) is 0.444. The summed E-state index contributed by atoms with van der Waals surface area (Å²) in [6.07, 6.45) is 3.31. The monoisotopic (exact) mass is 435 g/mol. The molecule has 0 aliphatic carbocycles. The number of nitrogens with zero attached hydrogens (tertiary/aromatic N) is 6. The highest BCUT2D eigenvalue weighted by Crippen LogP contribution is 2.34. The lowest BCUT2D eigenvalue weighted by Crippen LogP contribution is -2.52. The molecule has 3 heterocycles. The second-order valence-electron chi connectivity index (χ2n) is 7.85. The average Bonchev–Trinajstić information content (AvgIpc) is 3.20. The van der Waals surface area contributed by atoms with Crippen molar-refractivity contribution in [2.45, 2.75) is 6.04 Å². The molecule has 32 heavy (non-hydrogen) atoms. The number of hydrogen-bond acceptors (Lipinski definition) is 8. The maximum atomic E-state index is 14.4. The standard InChI is InChI=1S/C22H22FN7O2/c1-29-10-15-6-14(7-18(23)21(15)28-29)13-2-3-17(20(32)8-13)19-9-25-22(27-26-19)30-5-4-24-16(11-30)12-31/h2-3,6-10,16,24,31-32H,4-5,11-12H2,1H3. The van der Waals surface area contributed by atoms with Crippen molar-refractivity contribution < 1.29 is 14.6 Å². The zero-order valence-electron chi connectivity index (χ0n) is 17.4. The zero-order chi connectivity index (χ0) is 22.2. The van der Waals surface area contributed by atoms with Gasteiger partial charge in [0.05, 0.1) is 12.8 Å². The lowest BCUT2D eigenvalue weighted by atomic mass is 10.0. The van der Waals surface area contributed by atoms with E-state index in [0.29, 0.717) is 45.8 Å². The van der Waals surface area contributed by atoms with Crippen molar-refractivity contribution in [1.82, 2.24) is 30.3 Å². The van der Waals surface area contributed by atoms with Crippen LogP contribution in [0.5, 0.6) is 5.75 Å². The van der Waals surface area contributed by atoms with Crippen LogP contribution in [0, 0.1) is 5.82 Å². The van der Waals surface area contributed by atoms with Crippen LogP contribution in [0.25, 0.3) is 33.3 Å². The van der Waals surface area contributed by atoms with Crippen molar-refractivity contribution >= 4 is 16.9 Å². The Morgan fingerprint density at radius 1 is 1.19 bits per heavy atom. The number of aliphatic hydroxyl groups excluding tert-OH is 1. The number of nitrogens with one attached hydrogen (secondary N) is 1. The molecule has 1 unspecified atom stereocenters. The Kier molecular flexibility index (Phi) is 5.16. The van der Waals surface area contributed by atoms with Crippen LogP contribution in [0.3, 0.4) is 0 Å². The molecule has 0 saturated carbocycles. The van der Waals surface area contributed by atoms with Crippen molar-refractivity contribution in [1.29, 1.82) is 0 Å². The Morgan fingerprint density at radius 2 is 2.06 bits per heavy atom. The van der Waals surface area contributed by atoms with Gasteiger partial charge in [-0.05, 0) is 35.4 Å². The molecule has 10 heteroatoms. The third-order valence-corrected chi connectivity index (χ3v) is 5.59. The number of aromatic nitrogens is 5. The minimum atomic E-state index is -0.413. The fourth-order valence-corrected chi connectivity index (χ4v) is 3.97. The van der Waals surface area contributed by atoms with Crippen molar-refractivity contribution in [2.24, 2.45) is 7.05 Å². The van der Waals surface area contributed by atoms with Gasteiger partial charge in [-0.15, -0.1) is 10.2 Å². The van der Waals surface area contributed by atoms with Crippen LogP contribution in [0.15, 0.2) is 42.7 Å². The number of aromatic hydroxyl groups is 1. The van der Waals surface area contributed by atoms with Crippen LogP contribution < -0.4 is 10.2 Å². The van der Waals surface area contributed by atoms with Crippen molar-refractivity contribution in [3.05, 3.63) is 48.5 Å². The lowest BCUT2D eigenvalue weighted by Gasteiger charge is -2.32. The Balaban J connectivity index is 1.41. The number of aryl methyl sites for hydroxylation is 1. The van der Waals surface area contributed by atoms with Gasteiger partial charge in [-0.1, -0.05) is 6.07 Å². The van der Waals surface area contributed by atoms with Gasteiger partial charge in [0.15, 0.2) is 5.82 Å². The summed E-state index contributed by atoms with van der Waals surface area (Å²) < 4.78 is 16.0. The molecule has 0 spiro atoms. The molecule has 2 aromatic heterocycles. The first-order valence-electron chi connectivity index (χ1n) is 10.3. The summed E-state index contributed by atoms with van der Waals surface area (Å²) in [5, 5.41) is 36.4. The van der Waals surface area contributed by atoms with Crippen LogP contribution in [0.1, 0.15) is 0 Å². The zero-order valence-corrected chi connectivity index (χ0v) is 17.4. The van der Waals surface area contributed by atoms with Gasteiger partial charge >= 0.3 is 0 Å². The summed E-state index contributed by atoms with van der Waals surface area (Å²) in [5.74, 6) is 0.0642. The normalized spacial score (nSPS) is 16.6. The first-order chi connectivity index (χ1) is 15.5. The Labute approximate surface area is 183 Å². The van der Waals surface area contributed by atoms with Gasteiger partial charge in [-0.2, -0.15) is 5.10 Å². The molecule has 1 aliphatic rings. The molecule has 164 valence electrons. The number of phenols is 1. The van der Waals surface area contributed by atoms with E-state index in [-0.39, 0.29) is 18.4 Å². The van der Waals surface area contributed by atoms with E-state index >= 15 is 0 Å². The fraction of sp³-hybridized carbons (Fsp3) is 0.273. The number of aliphatic hydroxyl groups is 1. The first-order valence-corrected chi connectivity index (χ1v) is 10.3. The third-order valence-electron chi connectivity index (χ3n) is 5.59. The number of hydrogen-bond donors (Lipinski definition) is 3. The number of anilines is 1. The Morgan fingerprint density at radius 3 is 2.81 bits per heavy atom. The minimum absolute atomic E-state index is 0.000517. The fourth-order valence-electron chi connectivity index (χ4n) is 3.97. The summed E-state index contributed by atoms with van der Waals surface area (Å²) in [7, 11) is 1.74. The van der Waals surface area contributed by atoms with Gasteiger partial charge in [-0.25, -0.2) is 9.37 Å². The third kappa shape index (κ3) is 3.74. The van der Waals surface area contributed by atoms with E-state index in [2.05, 4.69) is 25.6 Å². The van der Waals surface area contributed by atoms with E-state index in [1.807, 2.05) is 11.0 Å². The maximum Gasteiger partial charge on any atom is 0.245 e. The molecular weight excluding hydrogens is 413 g/mol. The van der Waals surface area contributed by atoms with Gasteiger partial charge in [0.1, 0.15) is 17.0 Å². The predicted octanol–water partition coefficient (Wildman–Crippen LogP) is 1.71. The summed E-state index contributed by atoms with van der Waals surface area (Å²) >= 11 is 0. The first kappa shape index (κ1) is 20.3. The molecule has 3 N–H and O–H groups in total. The number of piperazine rings is 1. The number of halogens is 1. The van der Waals surface area contributed by atoms with Gasteiger partial charge in [0, 0.05) is 49.9 Å². The molecule has 0 radical (unpaired) electrons. The summed E-state index contributed by atoms with van der Waals surface area (Å²) in [4.78, 5) is 6.35. The van der Waals surface area contributed by atoms with Crippen molar-refractivity contribution in [3.8, 4) is 28.1 Å². The molecule has 4 aromatic rings. The number of benzene rings is 2. The maximum absolute atomic E-state index is 14.4. The second-order valence-corrected chi connectivity index (χ2v) is 7.85. The van der Waals surface area contributed by atoms with Crippen molar-refractivity contribution in [3.63, 3.8) is 0 Å². The van der Waals surface area contributed by atoms with Gasteiger partial charge in [0.2, 0.25) is 5.95 Å². The molecule has 1 saturated heterocycles. The van der Waals surface area contributed by atoms with Crippen LogP contribution in [0.2, 0.25) is 0 Å². The van der Waals surface area contributed by atoms with Crippen LogP contribution in [0.4, 0.5) is 10.3 Å². The highest BCUT2D eigenvalue weighted by molar-refractivity contribution is 5.85. The largest absolute Gasteiger partial charge is 0.507 e. The Hall–Kier alpha value is -3.63. The molecule has 2 aromatic carbocycles. The smallest absolute Gasteiger partial charge is 0.245 e. The van der Waals surface area contributed by atoms with E-state index in [1.165, 1.54) is 6.07 Å². The number of fused-ring (bicyclic) bond motifs is 1.